The van der Waals surface area contributed by atoms with E-state index in [4.69, 9.17) is 9.47 Å². The van der Waals surface area contributed by atoms with Gasteiger partial charge in [0.2, 0.25) is 0 Å². The van der Waals surface area contributed by atoms with Crippen LogP contribution in [-0.2, 0) is 19.1 Å². The molecule has 0 radical (unpaired) electrons. The topological polar surface area (TPSA) is 52.6 Å². The predicted octanol–water partition coefficient (Wildman–Crippen LogP) is 1.70. The van der Waals surface area contributed by atoms with Gasteiger partial charge in [-0.2, -0.15) is 0 Å². The number of hydrogen-bond donors (Lipinski definition) is 0. The van der Waals surface area contributed by atoms with Gasteiger partial charge in [0.05, 0.1) is 19.1 Å². The lowest BCUT2D eigenvalue weighted by molar-refractivity contribution is -0.234. The fourth-order valence-electron chi connectivity index (χ4n) is 4.36. The lowest BCUT2D eigenvalue weighted by Gasteiger charge is -2.67. The van der Waals surface area contributed by atoms with E-state index in [0.717, 1.165) is 6.42 Å². The Morgan fingerprint density at radius 3 is 2.89 bits per heavy atom. The highest BCUT2D eigenvalue weighted by atomic mass is 16.5. The van der Waals surface area contributed by atoms with Crippen molar-refractivity contribution >= 4 is 11.8 Å². The smallest absolute Gasteiger partial charge is 0.313 e. The van der Waals surface area contributed by atoms with Gasteiger partial charge in [0.1, 0.15) is 5.76 Å². The maximum Gasteiger partial charge on any atom is 0.313 e. The summed E-state index contributed by atoms with van der Waals surface area (Å²) in [7, 11) is 1.40. The molecule has 3 rings (SSSR count). The van der Waals surface area contributed by atoms with Gasteiger partial charge in [-0.05, 0) is 17.8 Å². The van der Waals surface area contributed by atoms with E-state index < -0.39 is 5.41 Å². The van der Waals surface area contributed by atoms with E-state index in [0.29, 0.717) is 18.3 Å². The molecule has 2 fully saturated rings. The number of rotatable bonds is 1. The molecule has 0 aromatic heterocycles. The van der Waals surface area contributed by atoms with Crippen molar-refractivity contribution in [3.8, 4) is 0 Å². The third kappa shape index (κ3) is 1.07. The van der Waals surface area contributed by atoms with Gasteiger partial charge in [0.25, 0.3) is 0 Å². The molecule has 18 heavy (non-hydrogen) atoms. The molecule has 0 unspecified atom stereocenters. The summed E-state index contributed by atoms with van der Waals surface area (Å²) in [6, 6.07) is 0. The van der Waals surface area contributed by atoms with Crippen LogP contribution in [0.25, 0.3) is 0 Å². The molecule has 0 spiro atoms. The van der Waals surface area contributed by atoms with E-state index in [1.165, 1.54) is 7.11 Å². The third-order valence-electron chi connectivity index (χ3n) is 5.32. The number of ketones is 1. The van der Waals surface area contributed by atoms with Crippen molar-refractivity contribution in [2.24, 2.45) is 22.7 Å². The van der Waals surface area contributed by atoms with Crippen LogP contribution in [0.2, 0.25) is 0 Å². The van der Waals surface area contributed by atoms with E-state index >= 15 is 0 Å². The van der Waals surface area contributed by atoms with E-state index in [9.17, 15) is 9.59 Å². The number of allylic oxidation sites excluding steroid dienone is 2. The largest absolute Gasteiger partial charge is 0.497 e. The first-order chi connectivity index (χ1) is 8.45. The van der Waals surface area contributed by atoms with Crippen molar-refractivity contribution in [2.75, 3.05) is 13.7 Å². The number of ether oxygens (including phenoxy) is 2. The van der Waals surface area contributed by atoms with E-state index in [1.807, 2.05) is 0 Å². The van der Waals surface area contributed by atoms with Gasteiger partial charge in [0, 0.05) is 18.4 Å². The van der Waals surface area contributed by atoms with Crippen molar-refractivity contribution in [1.82, 2.24) is 0 Å². The van der Waals surface area contributed by atoms with Gasteiger partial charge in [-0.3, -0.25) is 9.59 Å². The van der Waals surface area contributed by atoms with Crippen LogP contribution in [0.4, 0.5) is 0 Å². The summed E-state index contributed by atoms with van der Waals surface area (Å²) in [6.07, 6.45) is 2.77. The molecule has 0 bridgehead atoms. The van der Waals surface area contributed by atoms with Crippen molar-refractivity contribution in [2.45, 2.75) is 26.7 Å². The normalized spacial score (nSPS) is 39.9. The molecule has 1 saturated heterocycles. The first kappa shape index (κ1) is 11.8. The predicted molar refractivity (Wildman–Crippen MR) is 63.5 cm³/mol. The lowest BCUT2D eigenvalue weighted by Crippen LogP contribution is -2.70. The van der Waals surface area contributed by atoms with Gasteiger partial charge in [-0.1, -0.05) is 13.8 Å². The second-order valence-corrected chi connectivity index (χ2v) is 6.10. The molecule has 0 N–H and O–H groups in total. The second-order valence-electron chi connectivity index (χ2n) is 6.10. The Kier molecular flexibility index (Phi) is 2.20. The minimum Gasteiger partial charge on any atom is -0.497 e. The van der Waals surface area contributed by atoms with Crippen molar-refractivity contribution in [3.05, 3.63) is 11.8 Å². The fourth-order valence-corrected chi connectivity index (χ4v) is 4.36. The van der Waals surface area contributed by atoms with Crippen molar-refractivity contribution in [3.63, 3.8) is 0 Å². The molecule has 2 aliphatic carbocycles. The van der Waals surface area contributed by atoms with E-state index in [1.54, 1.807) is 6.08 Å². The molecule has 3 aliphatic rings. The first-order valence-corrected chi connectivity index (χ1v) is 6.41. The fraction of sp³-hybridized carbons (Fsp3) is 0.714. The zero-order chi connectivity index (χ0) is 13.1. The summed E-state index contributed by atoms with van der Waals surface area (Å²) in [5.74, 6) is 0.849. The van der Waals surface area contributed by atoms with Crippen molar-refractivity contribution in [1.29, 1.82) is 0 Å². The van der Waals surface area contributed by atoms with Gasteiger partial charge in [0.15, 0.2) is 5.78 Å². The van der Waals surface area contributed by atoms with Crippen LogP contribution < -0.4 is 0 Å². The van der Waals surface area contributed by atoms with E-state index in [2.05, 4.69) is 13.8 Å². The monoisotopic (exact) mass is 250 g/mol. The molecule has 4 nitrogen and oxygen atoms in total. The average molecular weight is 250 g/mol. The van der Waals surface area contributed by atoms with Gasteiger partial charge in [-0.15, -0.1) is 0 Å². The number of hydrogen-bond acceptors (Lipinski definition) is 4. The minimum absolute atomic E-state index is 0.0277. The van der Waals surface area contributed by atoms with E-state index in [-0.39, 0.29) is 29.5 Å². The van der Waals surface area contributed by atoms with Gasteiger partial charge < -0.3 is 9.47 Å². The standard InChI is InChI=1S/C14H18O4/c1-13(2)9-4-5-18-10-6-8(15)7-14(13,11(9)10)12(16)17-3/h6,9,11H,4-5,7H2,1-3H3/t9-,11-,14-/m1/s1. The summed E-state index contributed by atoms with van der Waals surface area (Å²) in [6.45, 7) is 4.79. The number of carbonyl (C=O) groups is 2. The maximum absolute atomic E-state index is 12.3. The van der Waals surface area contributed by atoms with Crippen LogP contribution in [0.15, 0.2) is 11.8 Å². The molecule has 3 atom stereocenters. The zero-order valence-corrected chi connectivity index (χ0v) is 11.0. The minimum atomic E-state index is -0.714. The number of methoxy groups -OCH3 is 1. The van der Waals surface area contributed by atoms with Crippen LogP contribution >= 0.6 is 0 Å². The molecule has 0 aromatic carbocycles. The molecular weight excluding hydrogens is 232 g/mol. The molecule has 0 amide bonds. The van der Waals surface area contributed by atoms with Crippen LogP contribution in [0.3, 0.4) is 0 Å². The van der Waals surface area contributed by atoms with Crippen molar-refractivity contribution < 1.29 is 19.1 Å². The maximum atomic E-state index is 12.3. The molecule has 0 aromatic rings. The molecular formula is C14H18O4. The molecule has 98 valence electrons. The second kappa shape index (κ2) is 3.37. The summed E-state index contributed by atoms with van der Waals surface area (Å²) >= 11 is 0. The quantitative estimate of drug-likeness (QED) is 0.665. The van der Waals surface area contributed by atoms with Crippen LogP contribution in [0.5, 0.6) is 0 Å². The average Bonchev–Trinajstić information content (AvgIpc) is 2.35. The highest BCUT2D eigenvalue weighted by Gasteiger charge is 2.74. The Hall–Kier alpha value is -1.32. The SMILES string of the molecule is COC(=O)[C@@]12CC(=O)C=C3OCC[C@H]([C@H]31)C2(C)C. The highest BCUT2D eigenvalue weighted by Crippen LogP contribution is 2.72. The third-order valence-corrected chi connectivity index (χ3v) is 5.32. The zero-order valence-electron chi connectivity index (χ0n) is 11.0. The van der Waals surface area contributed by atoms with Crippen LogP contribution in [-0.4, -0.2) is 25.5 Å². The molecule has 1 aliphatic heterocycles. The first-order valence-electron chi connectivity index (χ1n) is 6.41. The number of carbonyl (C=O) groups excluding carboxylic acids is 2. The van der Waals surface area contributed by atoms with Gasteiger partial charge >= 0.3 is 5.97 Å². The Morgan fingerprint density at radius 2 is 2.22 bits per heavy atom. The Labute approximate surface area is 106 Å². The number of esters is 1. The lowest BCUT2D eigenvalue weighted by atomic mass is 9.35. The Morgan fingerprint density at radius 1 is 1.50 bits per heavy atom. The summed E-state index contributed by atoms with van der Waals surface area (Å²) in [5.41, 5.74) is -0.919. The molecule has 4 heteroatoms. The summed E-state index contributed by atoms with van der Waals surface area (Å²) in [5, 5.41) is 0. The highest BCUT2D eigenvalue weighted by molar-refractivity contribution is 5.98. The molecule has 1 saturated carbocycles. The Bertz CT molecular complexity index is 462. The van der Waals surface area contributed by atoms with Crippen LogP contribution in [0.1, 0.15) is 26.7 Å². The Balaban J connectivity index is 2.13. The summed E-state index contributed by atoms with van der Waals surface area (Å²) < 4.78 is 10.6. The molecule has 1 heterocycles. The van der Waals surface area contributed by atoms with Gasteiger partial charge in [-0.25, -0.2) is 0 Å². The van der Waals surface area contributed by atoms with Crippen LogP contribution in [0, 0.1) is 22.7 Å². The summed E-state index contributed by atoms with van der Waals surface area (Å²) in [4.78, 5) is 24.2.